The Bertz CT molecular complexity index is 920. The van der Waals surface area contributed by atoms with Gasteiger partial charge in [-0.05, 0) is 32.1 Å². The van der Waals surface area contributed by atoms with Gasteiger partial charge in [-0.1, -0.05) is 30.7 Å². The molecule has 3 fully saturated rings. The number of ether oxygens (including phenoxy) is 3. The van der Waals surface area contributed by atoms with E-state index >= 15 is 0 Å². The van der Waals surface area contributed by atoms with Crippen LogP contribution in [0.25, 0.3) is 10.8 Å². The van der Waals surface area contributed by atoms with Crippen LogP contribution in [0.2, 0.25) is 0 Å². The van der Waals surface area contributed by atoms with Gasteiger partial charge in [-0.3, -0.25) is 4.90 Å². The van der Waals surface area contributed by atoms with Crippen molar-refractivity contribution in [2.45, 2.75) is 56.8 Å². The molecule has 0 aromatic heterocycles. The monoisotopic (exact) mass is 408 g/mol. The van der Waals surface area contributed by atoms with E-state index in [2.05, 4.69) is 40.1 Å². The molecule has 0 amide bonds. The van der Waals surface area contributed by atoms with Gasteiger partial charge in [-0.2, -0.15) is 0 Å². The summed E-state index contributed by atoms with van der Waals surface area (Å²) < 4.78 is 19.5. The van der Waals surface area contributed by atoms with E-state index < -0.39 is 0 Å². The molecule has 2 saturated heterocycles. The van der Waals surface area contributed by atoms with Gasteiger partial charge in [0.2, 0.25) is 5.72 Å². The first-order valence-electron chi connectivity index (χ1n) is 11.8. The Labute approximate surface area is 178 Å². The Morgan fingerprint density at radius 2 is 1.67 bits per heavy atom. The summed E-state index contributed by atoms with van der Waals surface area (Å²) >= 11 is 0. The number of hydrogen-bond acceptors (Lipinski definition) is 5. The number of morpholine rings is 1. The Balaban J connectivity index is 1.47. The van der Waals surface area contributed by atoms with Crippen molar-refractivity contribution in [3.8, 4) is 11.5 Å². The third kappa shape index (κ3) is 2.97. The van der Waals surface area contributed by atoms with E-state index in [9.17, 15) is 0 Å². The summed E-state index contributed by atoms with van der Waals surface area (Å²) in [4.78, 5) is 5.04. The molecule has 0 N–H and O–H groups in total. The summed E-state index contributed by atoms with van der Waals surface area (Å²) in [6.45, 7) is 5.65. The second-order valence-electron chi connectivity index (χ2n) is 9.21. The van der Waals surface area contributed by atoms with Crippen molar-refractivity contribution >= 4 is 16.5 Å². The molecule has 0 radical (unpaired) electrons. The van der Waals surface area contributed by atoms with Gasteiger partial charge in [0.1, 0.15) is 0 Å². The van der Waals surface area contributed by atoms with E-state index in [1.165, 1.54) is 48.6 Å². The SMILES string of the molecule is c1ccc2c3c(cc(N4CCOCC4)c2c1)O[C@@]1(N2CCCCC2)CCCC[C@@H]1O3. The lowest BCUT2D eigenvalue weighted by molar-refractivity contribution is -0.190. The quantitative estimate of drug-likeness (QED) is 0.727. The first kappa shape index (κ1) is 18.8. The Morgan fingerprint density at radius 3 is 2.50 bits per heavy atom. The molecule has 4 aliphatic rings. The lowest BCUT2D eigenvalue weighted by Crippen LogP contribution is -2.66. The minimum absolute atomic E-state index is 0.120. The Kier molecular flexibility index (Phi) is 4.76. The number of anilines is 1. The molecular weight excluding hydrogens is 376 g/mol. The molecule has 160 valence electrons. The standard InChI is InChI=1S/C25H32N2O3/c1-6-12-27(13-7-1)25-11-5-4-10-23(25)29-24-20-9-3-2-8-19(20)21(18-22(24)30-25)26-14-16-28-17-15-26/h2-3,8-9,18,23H,1,4-7,10-17H2/t23-,25-/m0/s1. The van der Waals surface area contributed by atoms with Crippen LogP contribution in [0.4, 0.5) is 5.69 Å². The molecule has 6 rings (SSSR count). The molecule has 3 heterocycles. The summed E-state index contributed by atoms with van der Waals surface area (Å²) in [6, 6.07) is 10.9. The van der Waals surface area contributed by atoms with E-state index in [1.807, 2.05) is 0 Å². The molecule has 2 aromatic rings. The van der Waals surface area contributed by atoms with Crippen LogP contribution in [0.3, 0.4) is 0 Å². The number of likely N-dealkylation sites (tertiary alicyclic amines) is 1. The van der Waals surface area contributed by atoms with Gasteiger partial charge in [-0.25, -0.2) is 0 Å². The van der Waals surface area contributed by atoms with Crippen LogP contribution in [0.5, 0.6) is 11.5 Å². The molecule has 0 spiro atoms. The summed E-state index contributed by atoms with van der Waals surface area (Å²) in [7, 11) is 0. The molecule has 5 heteroatoms. The zero-order valence-corrected chi connectivity index (χ0v) is 17.8. The highest BCUT2D eigenvalue weighted by molar-refractivity contribution is 6.00. The highest BCUT2D eigenvalue weighted by atomic mass is 16.6. The third-order valence-corrected chi connectivity index (χ3v) is 7.48. The zero-order valence-electron chi connectivity index (χ0n) is 17.8. The second kappa shape index (κ2) is 7.61. The molecule has 5 nitrogen and oxygen atoms in total. The van der Waals surface area contributed by atoms with Crippen LogP contribution >= 0.6 is 0 Å². The van der Waals surface area contributed by atoms with E-state index in [1.54, 1.807) is 0 Å². The molecule has 30 heavy (non-hydrogen) atoms. The number of piperidine rings is 1. The topological polar surface area (TPSA) is 34.2 Å². The van der Waals surface area contributed by atoms with Crippen molar-refractivity contribution in [1.82, 2.24) is 4.90 Å². The van der Waals surface area contributed by atoms with Crippen molar-refractivity contribution < 1.29 is 14.2 Å². The van der Waals surface area contributed by atoms with Gasteiger partial charge in [-0.15, -0.1) is 0 Å². The highest BCUT2D eigenvalue weighted by Crippen LogP contribution is 2.51. The van der Waals surface area contributed by atoms with Gasteiger partial charge in [0, 0.05) is 55.1 Å². The normalized spacial score (nSPS) is 29.6. The second-order valence-corrected chi connectivity index (χ2v) is 9.21. The first-order chi connectivity index (χ1) is 14.9. The number of nitrogens with zero attached hydrogens (tertiary/aromatic N) is 2. The third-order valence-electron chi connectivity index (χ3n) is 7.48. The Morgan fingerprint density at radius 1 is 0.867 bits per heavy atom. The predicted molar refractivity (Wildman–Crippen MR) is 119 cm³/mol. The maximum atomic E-state index is 7.05. The van der Waals surface area contributed by atoms with Crippen LogP contribution in [-0.4, -0.2) is 56.1 Å². The summed E-state index contributed by atoms with van der Waals surface area (Å²) in [6.07, 6.45) is 8.57. The van der Waals surface area contributed by atoms with Crippen molar-refractivity contribution in [3.63, 3.8) is 0 Å². The lowest BCUT2D eigenvalue weighted by Gasteiger charge is -2.53. The maximum Gasteiger partial charge on any atom is 0.200 e. The van der Waals surface area contributed by atoms with E-state index in [4.69, 9.17) is 14.2 Å². The summed E-state index contributed by atoms with van der Waals surface area (Å²) in [5.41, 5.74) is 0.954. The van der Waals surface area contributed by atoms with Crippen molar-refractivity contribution in [2.24, 2.45) is 0 Å². The van der Waals surface area contributed by atoms with Gasteiger partial charge >= 0.3 is 0 Å². The molecule has 0 unspecified atom stereocenters. The molecule has 1 aliphatic carbocycles. The van der Waals surface area contributed by atoms with Crippen LogP contribution < -0.4 is 14.4 Å². The van der Waals surface area contributed by atoms with Crippen molar-refractivity contribution in [1.29, 1.82) is 0 Å². The minimum atomic E-state index is -0.295. The van der Waals surface area contributed by atoms with Crippen LogP contribution in [0.15, 0.2) is 30.3 Å². The highest BCUT2D eigenvalue weighted by Gasteiger charge is 2.52. The lowest BCUT2D eigenvalue weighted by atomic mass is 9.85. The zero-order chi connectivity index (χ0) is 20.0. The van der Waals surface area contributed by atoms with Crippen LogP contribution in [-0.2, 0) is 4.74 Å². The van der Waals surface area contributed by atoms with Crippen molar-refractivity contribution in [3.05, 3.63) is 30.3 Å². The molecule has 1 saturated carbocycles. The smallest absolute Gasteiger partial charge is 0.200 e. The first-order valence-corrected chi connectivity index (χ1v) is 11.8. The molecule has 2 atom stereocenters. The molecular formula is C25H32N2O3. The summed E-state index contributed by atoms with van der Waals surface area (Å²) in [5.74, 6) is 1.88. The fourth-order valence-electron chi connectivity index (χ4n) is 5.96. The van der Waals surface area contributed by atoms with Crippen LogP contribution in [0, 0.1) is 0 Å². The fraction of sp³-hybridized carbons (Fsp3) is 0.600. The molecule has 3 aliphatic heterocycles. The number of rotatable bonds is 2. The van der Waals surface area contributed by atoms with Gasteiger partial charge in [0.05, 0.1) is 13.2 Å². The number of fused-ring (bicyclic) bond motifs is 4. The van der Waals surface area contributed by atoms with Gasteiger partial charge in [0.25, 0.3) is 0 Å². The number of benzene rings is 2. The average molecular weight is 409 g/mol. The Hall–Kier alpha value is -1.98. The maximum absolute atomic E-state index is 7.05. The largest absolute Gasteiger partial charge is 0.480 e. The van der Waals surface area contributed by atoms with E-state index in [0.29, 0.717) is 0 Å². The average Bonchev–Trinajstić information content (AvgIpc) is 2.83. The van der Waals surface area contributed by atoms with Gasteiger partial charge in [0.15, 0.2) is 17.6 Å². The van der Waals surface area contributed by atoms with Gasteiger partial charge < -0.3 is 19.1 Å². The predicted octanol–water partition coefficient (Wildman–Crippen LogP) is 4.57. The fourth-order valence-corrected chi connectivity index (χ4v) is 5.96. The van der Waals surface area contributed by atoms with Crippen LogP contribution in [0.1, 0.15) is 44.9 Å². The van der Waals surface area contributed by atoms with Crippen molar-refractivity contribution in [2.75, 3.05) is 44.3 Å². The van der Waals surface area contributed by atoms with E-state index in [0.717, 1.165) is 63.7 Å². The molecule has 2 aromatic carbocycles. The number of hydrogen-bond donors (Lipinski definition) is 0. The minimum Gasteiger partial charge on any atom is -0.480 e. The molecule has 0 bridgehead atoms. The van der Waals surface area contributed by atoms with E-state index in [-0.39, 0.29) is 11.8 Å². The summed E-state index contributed by atoms with van der Waals surface area (Å²) in [5, 5.41) is 2.43.